The minimum atomic E-state index is 0.284. The zero-order valence-corrected chi connectivity index (χ0v) is 16.5. The van der Waals surface area contributed by atoms with Crippen molar-refractivity contribution in [2.75, 3.05) is 4.90 Å². The number of amides is 1. The second-order valence-corrected chi connectivity index (χ2v) is 7.96. The van der Waals surface area contributed by atoms with Gasteiger partial charge >= 0.3 is 0 Å². The Hall–Kier alpha value is -1.61. The third-order valence-corrected chi connectivity index (χ3v) is 5.43. The van der Waals surface area contributed by atoms with Crippen molar-refractivity contribution < 1.29 is 4.79 Å². The van der Waals surface area contributed by atoms with E-state index >= 15 is 0 Å². The van der Waals surface area contributed by atoms with E-state index in [4.69, 9.17) is 0 Å². The molecule has 3 heteroatoms. The molecule has 0 saturated heterocycles. The molecule has 0 fully saturated rings. The molecule has 2 rings (SSSR count). The molecule has 24 heavy (non-hydrogen) atoms. The molecule has 128 valence electrons. The molecule has 0 aliphatic carbocycles. The van der Waals surface area contributed by atoms with Crippen molar-refractivity contribution in [2.24, 2.45) is 5.41 Å². The topological polar surface area (TPSA) is 20.3 Å². The number of benzene rings is 2. The van der Waals surface area contributed by atoms with Crippen molar-refractivity contribution >= 4 is 33.7 Å². The van der Waals surface area contributed by atoms with Crippen LogP contribution in [0.15, 0.2) is 53.0 Å². The van der Waals surface area contributed by atoms with Crippen molar-refractivity contribution in [3.05, 3.63) is 58.6 Å². The minimum Gasteiger partial charge on any atom is -0.282 e. The number of hydrogen-bond acceptors (Lipinski definition) is 1. The first kappa shape index (κ1) is 18.7. The molecule has 1 unspecified atom stereocenters. The molecule has 0 heterocycles. The Morgan fingerprint density at radius 2 is 1.67 bits per heavy atom. The van der Waals surface area contributed by atoms with Gasteiger partial charge in [0, 0.05) is 4.47 Å². The van der Waals surface area contributed by atoms with Crippen LogP contribution in [0.5, 0.6) is 0 Å². The van der Waals surface area contributed by atoms with Crippen LogP contribution in [0.4, 0.5) is 11.4 Å². The number of rotatable bonds is 7. The summed E-state index contributed by atoms with van der Waals surface area (Å²) < 4.78 is 0.911. The SMILES string of the molecule is CCC(C)(C)CC(C)c1ccccc1N(C=O)c1ccccc1Br. The van der Waals surface area contributed by atoms with Crippen LogP contribution >= 0.6 is 15.9 Å². The van der Waals surface area contributed by atoms with Gasteiger partial charge < -0.3 is 0 Å². The molecular formula is C21H26BrNO. The van der Waals surface area contributed by atoms with Gasteiger partial charge in [-0.3, -0.25) is 9.69 Å². The molecule has 2 aromatic carbocycles. The van der Waals surface area contributed by atoms with E-state index in [9.17, 15) is 4.79 Å². The molecular weight excluding hydrogens is 362 g/mol. The highest BCUT2D eigenvalue weighted by atomic mass is 79.9. The van der Waals surface area contributed by atoms with E-state index in [2.05, 4.69) is 55.8 Å². The van der Waals surface area contributed by atoms with Crippen LogP contribution in [0.1, 0.15) is 52.0 Å². The number of carbonyl (C=O) groups is 1. The third kappa shape index (κ3) is 4.27. The number of anilines is 2. The van der Waals surface area contributed by atoms with Gasteiger partial charge in [0.2, 0.25) is 6.41 Å². The number of hydrogen-bond donors (Lipinski definition) is 0. The summed E-state index contributed by atoms with van der Waals surface area (Å²) in [4.78, 5) is 13.6. The molecule has 0 aliphatic rings. The summed E-state index contributed by atoms with van der Waals surface area (Å²) in [5.74, 6) is 0.376. The van der Waals surface area contributed by atoms with Gasteiger partial charge in [0.1, 0.15) is 0 Å². The second kappa shape index (κ2) is 7.98. The van der Waals surface area contributed by atoms with Crippen LogP contribution < -0.4 is 4.90 Å². The Kier molecular flexibility index (Phi) is 6.22. The lowest BCUT2D eigenvalue weighted by molar-refractivity contribution is -0.106. The largest absolute Gasteiger partial charge is 0.282 e. The van der Waals surface area contributed by atoms with Gasteiger partial charge in [-0.25, -0.2) is 0 Å². The van der Waals surface area contributed by atoms with Crippen molar-refractivity contribution in [1.82, 2.24) is 0 Å². The Bertz CT molecular complexity index is 696. The maximum Gasteiger partial charge on any atom is 0.218 e. The minimum absolute atomic E-state index is 0.284. The van der Waals surface area contributed by atoms with Crippen molar-refractivity contribution in [1.29, 1.82) is 0 Å². The Morgan fingerprint density at radius 3 is 2.25 bits per heavy atom. The summed E-state index contributed by atoms with van der Waals surface area (Å²) in [7, 11) is 0. The lowest BCUT2D eigenvalue weighted by Crippen LogP contribution is -2.19. The normalized spacial score (nSPS) is 12.7. The van der Waals surface area contributed by atoms with Crippen molar-refractivity contribution in [3.8, 4) is 0 Å². The van der Waals surface area contributed by atoms with Gasteiger partial charge in [-0.1, -0.05) is 64.4 Å². The molecule has 0 spiro atoms. The van der Waals surface area contributed by atoms with Gasteiger partial charge in [-0.05, 0) is 57.4 Å². The first-order valence-corrected chi connectivity index (χ1v) is 9.27. The predicted molar refractivity (Wildman–Crippen MR) is 106 cm³/mol. The molecule has 0 aromatic heterocycles. The van der Waals surface area contributed by atoms with Gasteiger partial charge in [-0.2, -0.15) is 0 Å². The quantitative estimate of drug-likeness (QED) is 0.485. The fraction of sp³-hybridized carbons (Fsp3) is 0.381. The summed E-state index contributed by atoms with van der Waals surface area (Å²) in [6.45, 7) is 9.09. The standard InChI is InChI=1S/C21H26BrNO/c1-5-21(3,4)14-16(2)17-10-6-8-12-19(17)23(15-24)20-13-9-7-11-18(20)22/h6-13,15-16H,5,14H2,1-4H3. The van der Waals surface area contributed by atoms with E-state index in [-0.39, 0.29) is 5.41 Å². The molecule has 1 amide bonds. The highest BCUT2D eigenvalue weighted by Gasteiger charge is 2.23. The van der Waals surface area contributed by atoms with E-state index in [0.717, 1.165) is 35.1 Å². The summed E-state index contributed by atoms with van der Waals surface area (Å²) >= 11 is 3.56. The summed E-state index contributed by atoms with van der Waals surface area (Å²) in [5, 5.41) is 0. The van der Waals surface area contributed by atoms with Gasteiger partial charge in [0.25, 0.3) is 0 Å². The Balaban J connectivity index is 2.44. The molecule has 1 atom stereocenters. The maximum absolute atomic E-state index is 11.9. The van der Waals surface area contributed by atoms with Crippen LogP contribution in [0, 0.1) is 5.41 Å². The molecule has 2 aromatic rings. The van der Waals surface area contributed by atoms with E-state index in [0.29, 0.717) is 5.92 Å². The fourth-order valence-corrected chi connectivity index (χ4v) is 3.57. The highest BCUT2D eigenvalue weighted by molar-refractivity contribution is 9.10. The van der Waals surface area contributed by atoms with Crippen molar-refractivity contribution in [3.63, 3.8) is 0 Å². The Labute approximate surface area is 154 Å². The smallest absolute Gasteiger partial charge is 0.218 e. The van der Waals surface area contributed by atoms with E-state index in [1.165, 1.54) is 5.56 Å². The predicted octanol–water partition coefficient (Wildman–Crippen LogP) is 6.67. The van der Waals surface area contributed by atoms with Crippen LogP contribution in [0.2, 0.25) is 0 Å². The lowest BCUT2D eigenvalue weighted by Gasteiger charge is -2.30. The molecule has 0 radical (unpaired) electrons. The fourth-order valence-electron chi connectivity index (χ4n) is 3.10. The molecule has 2 nitrogen and oxygen atoms in total. The monoisotopic (exact) mass is 387 g/mol. The zero-order chi connectivity index (χ0) is 17.7. The third-order valence-electron chi connectivity index (χ3n) is 4.76. The van der Waals surface area contributed by atoms with Gasteiger partial charge in [0.05, 0.1) is 11.4 Å². The number of para-hydroxylation sites is 2. The zero-order valence-electron chi connectivity index (χ0n) is 14.9. The summed E-state index contributed by atoms with van der Waals surface area (Å²) in [5.41, 5.74) is 3.31. The summed E-state index contributed by atoms with van der Waals surface area (Å²) in [6.07, 6.45) is 3.13. The molecule has 0 aliphatic heterocycles. The van der Waals surface area contributed by atoms with Crippen LogP contribution in [-0.2, 0) is 4.79 Å². The molecule has 0 saturated carbocycles. The average Bonchev–Trinajstić information content (AvgIpc) is 2.57. The second-order valence-electron chi connectivity index (χ2n) is 7.11. The van der Waals surface area contributed by atoms with Gasteiger partial charge in [-0.15, -0.1) is 0 Å². The van der Waals surface area contributed by atoms with Crippen LogP contribution in [0.25, 0.3) is 0 Å². The number of carbonyl (C=O) groups excluding carboxylic acids is 1. The van der Waals surface area contributed by atoms with E-state index < -0.39 is 0 Å². The maximum atomic E-state index is 11.9. The van der Waals surface area contributed by atoms with Crippen molar-refractivity contribution in [2.45, 2.75) is 46.5 Å². The van der Waals surface area contributed by atoms with E-state index in [1.54, 1.807) is 4.90 Å². The lowest BCUT2D eigenvalue weighted by atomic mass is 9.78. The molecule has 0 bridgehead atoms. The van der Waals surface area contributed by atoms with E-state index in [1.807, 2.05) is 36.4 Å². The number of nitrogens with zero attached hydrogens (tertiary/aromatic N) is 1. The summed E-state index contributed by atoms with van der Waals surface area (Å²) in [6, 6.07) is 16.0. The van der Waals surface area contributed by atoms with Gasteiger partial charge in [0.15, 0.2) is 0 Å². The molecule has 0 N–H and O–H groups in total. The average molecular weight is 388 g/mol. The highest BCUT2D eigenvalue weighted by Crippen LogP contribution is 2.40. The Morgan fingerprint density at radius 1 is 1.08 bits per heavy atom. The van der Waals surface area contributed by atoms with Crippen LogP contribution in [-0.4, -0.2) is 6.41 Å². The number of halogens is 1. The van der Waals surface area contributed by atoms with Crippen LogP contribution in [0.3, 0.4) is 0 Å². The first-order valence-electron chi connectivity index (χ1n) is 8.47. The first-order chi connectivity index (χ1) is 11.4.